The topological polar surface area (TPSA) is 41.1 Å². The summed E-state index contributed by atoms with van der Waals surface area (Å²) in [6, 6.07) is 4.59. The van der Waals surface area contributed by atoms with Gasteiger partial charge in [-0.3, -0.25) is 4.79 Å². The smallest absolute Gasteiger partial charge is 0.233 e. The van der Waals surface area contributed by atoms with Crippen LogP contribution in [-0.2, 0) is 11.3 Å². The monoisotopic (exact) mass is 230 g/mol. The van der Waals surface area contributed by atoms with Gasteiger partial charge in [-0.1, -0.05) is 23.7 Å². The Morgan fingerprint density at radius 2 is 2.27 bits per heavy atom. The van der Waals surface area contributed by atoms with Gasteiger partial charge in [-0.15, -0.1) is 0 Å². The van der Waals surface area contributed by atoms with E-state index in [1.54, 1.807) is 19.2 Å². The molecule has 0 heterocycles. The maximum atomic E-state index is 13.0. The minimum absolute atomic E-state index is 0.0990. The number of carbonyl (C=O) groups is 1. The summed E-state index contributed by atoms with van der Waals surface area (Å²) in [6.07, 6.45) is 0. The summed E-state index contributed by atoms with van der Waals surface area (Å²) in [4.78, 5) is 10.9. The van der Waals surface area contributed by atoms with Crippen LogP contribution in [0.5, 0.6) is 0 Å². The maximum absolute atomic E-state index is 13.0. The van der Waals surface area contributed by atoms with E-state index in [4.69, 9.17) is 11.6 Å². The second-order valence-electron chi connectivity index (χ2n) is 2.99. The Labute approximate surface area is 92.6 Å². The van der Waals surface area contributed by atoms with Gasteiger partial charge in [0, 0.05) is 13.6 Å². The zero-order chi connectivity index (χ0) is 11.3. The van der Waals surface area contributed by atoms with Crippen LogP contribution in [0, 0.1) is 5.82 Å². The minimum atomic E-state index is -0.448. The molecule has 3 nitrogen and oxygen atoms in total. The summed E-state index contributed by atoms with van der Waals surface area (Å²) in [5.41, 5.74) is 0.639. The maximum Gasteiger partial charge on any atom is 0.233 e. The van der Waals surface area contributed by atoms with E-state index in [1.165, 1.54) is 6.07 Å². The van der Waals surface area contributed by atoms with Crippen LogP contribution >= 0.6 is 11.6 Å². The Hall–Kier alpha value is -1.13. The Morgan fingerprint density at radius 3 is 2.93 bits per heavy atom. The van der Waals surface area contributed by atoms with Crippen molar-refractivity contribution in [3.8, 4) is 0 Å². The van der Waals surface area contributed by atoms with Crippen molar-refractivity contribution in [3.63, 3.8) is 0 Å². The molecule has 1 amide bonds. The third-order valence-corrected chi connectivity index (χ3v) is 2.33. The molecular weight excluding hydrogens is 219 g/mol. The predicted molar refractivity (Wildman–Crippen MR) is 57.2 cm³/mol. The van der Waals surface area contributed by atoms with Crippen molar-refractivity contribution in [3.05, 3.63) is 34.6 Å². The highest BCUT2D eigenvalue weighted by Gasteiger charge is 2.05. The fourth-order valence-corrected chi connectivity index (χ4v) is 1.28. The fourth-order valence-electron chi connectivity index (χ4n) is 1.08. The van der Waals surface area contributed by atoms with Crippen LogP contribution in [-0.4, -0.2) is 19.5 Å². The number of halogens is 2. The van der Waals surface area contributed by atoms with E-state index >= 15 is 0 Å². The van der Waals surface area contributed by atoms with Crippen LogP contribution in [0.4, 0.5) is 4.39 Å². The molecule has 1 aromatic rings. The number of rotatable bonds is 4. The third kappa shape index (κ3) is 3.49. The van der Waals surface area contributed by atoms with Gasteiger partial charge in [-0.25, -0.2) is 4.39 Å². The van der Waals surface area contributed by atoms with Gasteiger partial charge in [0.25, 0.3) is 0 Å². The molecule has 0 bridgehead atoms. The van der Waals surface area contributed by atoms with E-state index in [-0.39, 0.29) is 17.5 Å². The molecular formula is C10H12ClFN2O. The largest absolute Gasteiger partial charge is 0.358 e. The lowest BCUT2D eigenvalue weighted by Crippen LogP contribution is -2.31. The molecule has 0 saturated heterocycles. The number of benzene rings is 1. The van der Waals surface area contributed by atoms with E-state index in [9.17, 15) is 9.18 Å². The van der Waals surface area contributed by atoms with Gasteiger partial charge in [-0.2, -0.15) is 0 Å². The summed E-state index contributed by atoms with van der Waals surface area (Å²) in [6.45, 7) is 0.549. The van der Waals surface area contributed by atoms with Crippen molar-refractivity contribution in [1.29, 1.82) is 0 Å². The highest BCUT2D eigenvalue weighted by Crippen LogP contribution is 2.18. The molecule has 0 aliphatic rings. The molecule has 0 radical (unpaired) electrons. The Bertz CT molecular complexity index is 357. The number of likely N-dealkylation sites (N-methyl/N-ethyl adjacent to an activating group) is 1. The number of hydrogen-bond donors (Lipinski definition) is 2. The SMILES string of the molecule is CNC(=O)CNCc1cccc(F)c1Cl. The lowest BCUT2D eigenvalue weighted by atomic mass is 10.2. The lowest BCUT2D eigenvalue weighted by molar-refractivity contribution is -0.119. The highest BCUT2D eigenvalue weighted by atomic mass is 35.5. The van der Waals surface area contributed by atoms with Gasteiger partial charge in [-0.05, 0) is 11.6 Å². The number of carbonyl (C=O) groups excluding carboxylic acids is 1. The molecule has 0 unspecified atom stereocenters. The summed E-state index contributed by atoms with van der Waals surface area (Å²) in [5, 5.41) is 5.42. The van der Waals surface area contributed by atoms with Crippen molar-refractivity contribution in [2.45, 2.75) is 6.54 Å². The first-order valence-electron chi connectivity index (χ1n) is 4.49. The molecule has 82 valence electrons. The molecule has 0 spiro atoms. The van der Waals surface area contributed by atoms with Crippen molar-refractivity contribution >= 4 is 17.5 Å². The zero-order valence-electron chi connectivity index (χ0n) is 8.31. The van der Waals surface area contributed by atoms with Gasteiger partial charge >= 0.3 is 0 Å². The van der Waals surface area contributed by atoms with Gasteiger partial charge in [0.15, 0.2) is 0 Å². The first-order chi connectivity index (χ1) is 7.15. The zero-order valence-corrected chi connectivity index (χ0v) is 9.07. The second-order valence-corrected chi connectivity index (χ2v) is 3.37. The summed E-state index contributed by atoms with van der Waals surface area (Å²) in [7, 11) is 1.55. The fraction of sp³-hybridized carbons (Fsp3) is 0.300. The van der Waals surface area contributed by atoms with Crippen LogP contribution in [0.1, 0.15) is 5.56 Å². The Kier molecular flexibility index (Phi) is 4.52. The first kappa shape index (κ1) is 11.9. The van der Waals surface area contributed by atoms with Crippen LogP contribution in [0.25, 0.3) is 0 Å². The minimum Gasteiger partial charge on any atom is -0.358 e. The van der Waals surface area contributed by atoms with Crippen molar-refractivity contribution < 1.29 is 9.18 Å². The van der Waals surface area contributed by atoms with Gasteiger partial charge < -0.3 is 10.6 Å². The predicted octanol–water partition coefficient (Wildman–Crippen LogP) is 1.31. The van der Waals surface area contributed by atoms with Crippen molar-refractivity contribution in [1.82, 2.24) is 10.6 Å². The third-order valence-electron chi connectivity index (χ3n) is 1.91. The highest BCUT2D eigenvalue weighted by molar-refractivity contribution is 6.31. The van der Waals surface area contributed by atoms with Gasteiger partial charge in [0.1, 0.15) is 5.82 Å². The molecule has 15 heavy (non-hydrogen) atoms. The molecule has 1 aromatic carbocycles. The lowest BCUT2D eigenvalue weighted by Gasteiger charge is -2.06. The van der Waals surface area contributed by atoms with E-state index in [1.807, 2.05) is 0 Å². The Morgan fingerprint density at radius 1 is 1.53 bits per heavy atom. The molecule has 0 atom stereocenters. The molecule has 1 rings (SSSR count). The summed E-state index contributed by atoms with van der Waals surface area (Å²) in [5.74, 6) is -0.571. The van der Waals surface area contributed by atoms with Gasteiger partial charge in [0.05, 0.1) is 11.6 Å². The molecule has 0 aliphatic carbocycles. The first-order valence-corrected chi connectivity index (χ1v) is 4.87. The van der Waals surface area contributed by atoms with E-state index in [0.717, 1.165) is 0 Å². The number of hydrogen-bond acceptors (Lipinski definition) is 2. The molecule has 0 aromatic heterocycles. The van der Waals surface area contributed by atoms with Crippen LogP contribution in [0.3, 0.4) is 0 Å². The Balaban J connectivity index is 2.51. The van der Waals surface area contributed by atoms with E-state index in [2.05, 4.69) is 10.6 Å². The molecule has 2 N–H and O–H groups in total. The summed E-state index contributed by atoms with van der Waals surface area (Å²) < 4.78 is 13.0. The van der Waals surface area contributed by atoms with Gasteiger partial charge in [0.2, 0.25) is 5.91 Å². The van der Waals surface area contributed by atoms with E-state index < -0.39 is 5.82 Å². The van der Waals surface area contributed by atoms with E-state index in [0.29, 0.717) is 12.1 Å². The summed E-state index contributed by atoms with van der Waals surface area (Å²) >= 11 is 5.73. The average Bonchev–Trinajstić information content (AvgIpc) is 2.24. The quantitative estimate of drug-likeness (QED) is 0.819. The second kappa shape index (κ2) is 5.68. The molecule has 5 heteroatoms. The molecule has 0 fully saturated rings. The van der Waals surface area contributed by atoms with Crippen LogP contribution in [0.2, 0.25) is 5.02 Å². The number of amides is 1. The van der Waals surface area contributed by atoms with Crippen LogP contribution in [0.15, 0.2) is 18.2 Å². The number of nitrogens with one attached hydrogen (secondary N) is 2. The molecule has 0 saturated carbocycles. The average molecular weight is 231 g/mol. The normalized spacial score (nSPS) is 10.1. The van der Waals surface area contributed by atoms with Crippen molar-refractivity contribution in [2.75, 3.05) is 13.6 Å². The van der Waals surface area contributed by atoms with Crippen molar-refractivity contribution in [2.24, 2.45) is 0 Å². The van der Waals surface area contributed by atoms with Crippen LogP contribution < -0.4 is 10.6 Å². The standard InChI is InChI=1S/C10H12ClFN2O/c1-13-9(15)6-14-5-7-3-2-4-8(12)10(7)11/h2-4,14H,5-6H2,1H3,(H,13,15). The molecule has 0 aliphatic heterocycles.